The largest absolute Gasteiger partial charge is 0.506 e. The second kappa shape index (κ2) is 16.2. The molecule has 2 amide bonds. The number of carboxylic acid groups (broad SMARTS) is 1. The number of fused-ring (bicyclic) bond motifs is 1. The first-order valence-corrected chi connectivity index (χ1v) is 17.2. The molecule has 6 rings (SSSR count). The fourth-order valence-corrected chi connectivity index (χ4v) is 6.48. The summed E-state index contributed by atoms with van der Waals surface area (Å²) in [6.07, 6.45) is 0.0943. The van der Waals surface area contributed by atoms with E-state index in [1.807, 2.05) is 0 Å². The van der Waals surface area contributed by atoms with Gasteiger partial charge < -0.3 is 50.8 Å². The molecule has 0 radical (unpaired) electrons. The van der Waals surface area contributed by atoms with Crippen LogP contribution in [0, 0.1) is 0 Å². The fraction of sp³-hybridized carbons (Fsp3) is 0.250. The molecule has 0 bridgehead atoms. The van der Waals surface area contributed by atoms with Crippen molar-refractivity contribution in [2.24, 2.45) is 0 Å². The Bertz CT molecular complexity index is 2220. The number of H-pyrrole nitrogens is 1. The average molecular weight is 737 g/mol. The van der Waals surface area contributed by atoms with Crippen LogP contribution in [-0.4, -0.2) is 75.5 Å². The molecule has 1 aliphatic rings. The SMILES string of the molecule is COc1cc(C(=O)NC2CC(NC(=O)COc3cccc(C(O)(C(=O)O)c4ccccc4)c3)C2)ccc1CNCC(O)c1ccc(O)c2[nH]c(=O)ccc12. The molecule has 54 heavy (non-hydrogen) atoms. The number of hydrogen-bond acceptors (Lipinski definition) is 10. The number of phenolic OH excluding ortho intramolecular Hbond substituents is 1. The number of pyridine rings is 1. The van der Waals surface area contributed by atoms with E-state index in [0.29, 0.717) is 41.6 Å². The van der Waals surface area contributed by atoms with E-state index in [1.165, 1.54) is 43.5 Å². The van der Waals surface area contributed by atoms with E-state index in [9.17, 15) is 39.6 Å². The minimum absolute atomic E-state index is 0.0810. The number of phenols is 1. The van der Waals surface area contributed by atoms with Gasteiger partial charge in [-0.05, 0) is 60.4 Å². The highest BCUT2D eigenvalue weighted by Crippen LogP contribution is 2.32. The minimum Gasteiger partial charge on any atom is -0.506 e. The van der Waals surface area contributed by atoms with Gasteiger partial charge in [0, 0.05) is 53.3 Å². The molecule has 280 valence electrons. The number of carbonyl (C=O) groups is 3. The molecule has 2 unspecified atom stereocenters. The second-order valence-corrected chi connectivity index (χ2v) is 13.1. The number of hydrogen-bond donors (Lipinski definition) is 8. The smallest absolute Gasteiger partial charge is 0.345 e. The van der Waals surface area contributed by atoms with Crippen LogP contribution < -0.4 is 31.0 Å². The number of aromatic hydroxyl groups is 1. The monoisotopic (exact) mass is 736 g/mol. The van der Waals surface area contributed by atoms with Crippen LogP contribution in [0.25, 0.3) is 10.9 Å². The Morgan fingerprint density at radius 1 is 0.907 bits per heavy atom. The molecule has 2 atom stereocenters. The number of amides is 2. The molecular weight excluding hydrogens is 696 g/mol. The summed E-state index contributed by atoms with van der Waals surface area (Å²) in [7, 11) is 1.50. The maximum Gasteiger partial charge on any atom is 0.345 e. The van der Waals surface area contributed by atoms with Crippen LogP contribution in [0.1, 0.15) is 51.6 Å². The maximum atomic E-state index is 13.0. The van der Waals surface area contributed by atoms with E-state index in [4.69, 9.17) is 9.47 Å². The number of methoxy groups -OCH3 is 1. The number of nitrogens with one attached hydrogen (secondary N) is 4. The van der Waals surface area contributed by atoms with Gasteiger partial charge in [-0.3, -0.25) is 14.4 Å². The molecule has 1 fully saturated rings. The molecule has 14 nitrogen and oxygen atoms in total. The molecule has 1 aromatic heterocycles. The predicted octanol–water partition coefficient (Wildman–Crippen LogP) is 2.84. The van der Waals surface area contributed by atoms with Crippen molar-refractivity contribution in [1.82, 2.24) is 20.9 Å². The van der Waals surface area contributed by atoms with Crippen LogP contribution in [0.5, 0.6) is 17.2 Å². The number of ether oxygens (including phenoxy) is 2. The van der Waals surface area contributed by atoms with Crippen molar-refractivity contribution < 1.29 is 44.3 Å². The molecule has 1 heterocycles. The van der Waals surface area contributed by atoms with Gasteiger partial charge in [0.15, 0.2) is 6.61 Å². The summed E-state index contributed by atoms with van der Waals surface area (Å²) in [4.78, 5) is 52.1. The van der Waals surface area contributed by atoms with Crippen LogP contribution in [0.3, 0.4) is 0 Å². The molecule has 1 aliphatic carbocycles. The van der Waals surface area contributed by atoms with E-state index in [1.54, 1.807) is 60.7 Å². The number of carbonyl (C=O) groups excluding carboxylic acids is 2. The summed E-state index contributed by atoms with van der Waals surface area (Å²) in [5.41, 5.74) is -0.465. The van der Waals surface area contributed by atoms with Crippen LogP contribution in [0.15, 0.2) is 102 Å². The summed E-state index contributed by atoms with van der Waals surface area (Å²) < 4.78 is 11.1. The predicted molar refractivity (Wildman–Crippen MR) is 197 cm³/mol. The van der Waals surface area contributed by atoms with E-state index in [2.05, 4.69) is 20.9 Å². The van der Waals surface area contributed by atoms with Gasteiger partial charge in [0.1, 0.15) is 17.2 Å². The molecule has 0 aliphatic heterocycles. The van der Waals surface area contributed by atoms with Crippen LogP contribution in [0.4, 0.5) is 0 Å². The van der Waals surface area contributed by atoms with Crippen molar-refractivity contribution in [3.63, 3.8) is 0 Å². The second-order valence-electron chi connectivity index (χ2n) is 13.1. The van der Waals surface area contributed by atoms with Crippen molar-refractivity contribution in [1.29, 1.82) is 0 Å². The van der Waals surface area contributed by atoms with Gasteiger partial charge in [-0.25, -0.2) is 4.79 Å². The summed E-state index contributed by atoms with van der Waals surface area (Å²) >= 11 is 0. The molecule has 0 spiro atoms. The zero-order valence-corrected chi connectivity index (χ0v) is 29.2. The molecule has 14 heteroatoms. The Labute approximate surface area is 309 Å². The number of carboxylic acids is 1. The van der Waals surface area contributed by atoms with E-state index >= 15 is 0 Å². The van der Waals surface area contributed by atoms with Crippen molar-refractivity contribution in [3.8, 4) is 17.2 Å². The van der Waals surface area contributed by atoms with Gasteiger partial charge in [0.05, 0.1) is 18.7 Å². The fourth-order valence-electron chi connectivity index (χ4n) is 6.48. The third kappa shape index (κ3) is 8.20. The number of aliphatic hydroxyl groups is 2. The Hall–Kier alpha value is -6.22. The van der Waals surface area contributed by atoms with E-state index in [0.717, 1.165) is 5.56 Å². The Balaban J connectivity index is 0.954. The molecule has 0 saturated heterocycles. The molecule has 8 N–H and O–H groups in total. The summed E-state index contributed by atoms with van der Waals surface area (Å²) in [6.45, 7) is 0.158. The summed E-state index contributed by atoms with van der Waals surface area (Å²) in [5, 5.41) is 51.5. The Morgan fingerprint density at radius 2 is 1.65 bits per heavy atom. The minimum atomic E-state index is -2.30. The Kier molecular flexibility index (Phi) is 11.3. The highest BCUT2D eigenvalue weighted by atomic mass is 16.5. The highest BCUT2D eigenvalue weighted by molar-refractivity contribution is 5.95. The first-order valence-electron chi connectivity index (χ1n) is 17.2. The molecular formula is C40H40N4O10. The lowest BCUT2D eigenvalue weighted by Gasteiger charge is -2.36. The van der Waals surface area contributed by atoms with Crippen molar-refractivity contribution in [2.75, 3.05) is 20.3 Å². The number of aromatic amines is 1. The van der Waals surface area contributed by atoms with E-state index in [-0.39, 0.29) is 70.8 Å². The normalized spacial score (nSPS) is 16.7. The molecule has 5 aromatic rings. The average Bonchev–Trinajstić information content (AvgIpc) is 3.16. The number of aliphatic hydroxyl groups excluding tert-OH is 1. The van der Waals surface area contributed by atoms with Crippen LogP contribution >= 0.6 is 0 Å². The van der Waals surface area contributed by atoms with Crippen LogP contribution in [0.2, 0.25) is 0 Å². The number of aromatic nitrogens is 1. The Morgan fingerprint density at radius 3 is 2.39 bits per heavy atom. The topological polar surface area (TPSA) is 220 Å². The summed E-state index contributed by atoms with van der Waals surface area (Å²) in [5.74, 6) is -1.53. The van der Waals surface area contributed by atoms with Crippen molar-refractivity contribution >= 4 is 28.7 Å². The molecule has 1 saturated carbocycles. The first kappa shape index (κ1) is 37.5. The summed E-state index contributed by atoms with van der Waals surface area (Å²) in [6, 6.07) is 24.6. The van der Waals surface area contributed by atoms with Crippen molar-refractivity contribution in [2.45, 2.75) is 43.2 Å². The standard InChI is InChI=1S/C40H40N4O10/c1-53-34-16-23(10-11-24(34)20-41-21-33(46)30-12-14-32(45)37-31(30)13-15-35(47)44-37)38(49)43-28-18-27(19-28)42-36(48)22-54-29-9-5-8-26(17-29)40(52,39(50)51)25-6-3-2-4-7-25/h2-17,27-28,33,41,45-46,52H,18-22H2,1H3,(H,42,48)(H,43,49)(H,44,47)(H,50,51). The van der Waals surface area contributed by atoms with Gasteiger partial charge >= 0.3 is 5.97 Å². The maximum absolute atomic E-state index is 13.0. The van der Waals surface area contributed by atoms with Crippen molar-refractivity contribution in [3.05, 3.63) is 135 Å². The lowest BCUT2D eigenvalue weighted by atomic mass is 9.86. The van der Waals surface area contributed by atoms with Gasteiger partial charge in [0.2, 0.25) is 11.2 Å². The number of benzene rings is 4. The van der Waals surface area contributed by atoms with Gasteiger partial charge in [0.25, 0.3) is 11.8 Å². The lowest BCUT2D eigenvalue weighted by Crippen LogP contribution is -2.54. The third-order valence-electron chi connectivity index (χ3n) is 9.43. The highest BCUT2D eigenvalue weighted by Gasteiger charge is 2.40. The van der Waals surface area contributed by atoms with Gasteiger partial charge in [-0.15, -0.1) is 0 Å². The zero-order valence-electron chi connectivity index (χ0n) is 29.2. The zero-order chi connectivity index (χ0) is 38.4. The molecule has 4 aromatic carbocycles. The first-order chi connectivity index (χ1) is 26.0. The van der Waals surface area contributed by atoms with E-state index < -0.39 is 17.7 Å². The van der Waals surface area contributed by atoms with Gasteiger partial charge in [-0.2, -0.15) is 0 Å². The van der Waals surface area contributed by atoms with Crippen LogP contribution in [-0.2, 0) is 21.7 Å². The quantitative estimate of drug-likeness (QED) is 0.0781. The lowest BCUT2D eigenvalue weighted by molar-refractivity contribution is -0.155. The third-order valence-corrected chi connectivity index (χ3v) is 9.43. The van der Waals surface area contributed by atoms with Gasteiger partial charge in [-0.1, -0.05) is 54.6 Å². The number of aliphatic carboxylic acids is 1. The number of rotatable bonds is 15.